The number of carbonyl (C=O) groups is 1. The number of pyridine rings is 1. The van der Waals surface area contributed by atoms with E-state index in [4.69, 9.17) is 23.2 Å². The molecular formula is C16H16Cl2N2O. The second kappa shape index (κ2) is 6.92. The van der Waals surface area contributed by atoms with E-state index < -0.39 is 0 Å². The van der Waals surface area contributed by atoms with E-state index in [1.807, 2.05) is 38.1 Å². The zero-order chi connectivity index (χ0) is 15.4. The minimum Gasteiger partial charge on any atom is -0.332 e. The van der Waals surface area contributed by atoms with Gasteiger partial charge in [0.1, 0.15) is 5.15 Å². The van der Waals surface area contributed by atoms with Crippen LogP contribution in [-0.2, 0) is 6.54 Å². The molecule has 1 heterocycles. The lowest BCUT2D eigenvalue weighted by Crippen LogP contribution is -2.36. The summed E-state index contributed by atoms with van der Waals surface area (Å²) in [5.41, 5.74) is 1.39. The predicted octanol–water partition coefficient (Wildman–Crippen LogP) is 4.44. The van der Waals surface area contributed by atoms with Gasteiger partial charge in [0.2, 0.25) is 0 Å². The molecule has 2 aromatic rings. The quantitative estimate of drug-likeness (QED) is 0.779. The van der Waals surface area contributed by atoms with Gasteiger partial charge in [-0.3, -0.25) is 4.79 Å². The summed E-state index contributed by atoms with van der Waals surface area (Å²) in [5.74, 6) is -0.136. The molecule has 0 spiro atoms. The summed E-state index contributed by atoms with van der Waals surface area (Å²) in [6.45, 7) is 4.40. The lowest BCUT2D eigenvalue weighted by molar-refractivity contribution is 0.0690. The maximum Gasteiger partial charge on any atom is 0.257 e. The van der Waals surface area contributed by atoms with Crippen LogP contribution >= 0.6 is 23.2 Å². The van der Waals surface area contributed by atoms with Gasteiger partial charge in [0.25, 0.3) is 5.91 Å². The van der Waals surface area contributed by atoms with E-state index in [0.717, 1.165) is 5.56 Å². The fraction of sp³-hybridized carbons (Fsp3) is 0.250. The summed E-state index contributed by atoms with van der Waals surface area (Å²) in [6, 6.07) is 10.9. The monoisotopic (exact) mass is 322 g/mol. The topological polar surface area (TPSA) is 33.2 Å². The summed E-state index contributed by atoms with van der Waals surface area (Å²) >= 11 is 12.0. The molecule has 3 nitrogen and oxygen atoms in total. The maximum absolute atomic E-state index is 12.7. The molecule has 1 aromatic heterocycles. The highest BCUT2D eigenvalue weighted by molar-refractivity contribution is 6.32. The number of hydrogen-bond acceptors (Lipinski definition) is 2. The molecule has 21 heavy (non-hydrogen) atoms. The standard InChI is InChI=1S/C16H16Cl2N2O/c1-11(2)20(10-12-5-3-6-13(17)9-12)16(21)14-7-4-8-19-15(14)18/h3-9,11H,10H2,1-2H3. The number of nitrogens with zero attached hydrogens (tertiary/aromatic N) is 2. The van der Waals surface area contributed by atoms with Gasteiger partial charge in [-0.2, -0.15) is 0 Å². The Morgan fingerprint density at radius 2 is 2.00 bits per heavy atom. The fourth-order valence-electron chi connectivity index (χ4n) is 2.02. The zero-order valence-electron chi connectivity index (χ0n) is 11.9. The first-order chi connectivity index (χ1) is 9.99. The van der Waals surface area contributed by atoms with Crippen LogP contribution in [0, 0.1) is 0 Å². The maximum atomic E-state index is 12.7. The minimum atomic E-state index is -0.136. The van der Waals surface area contributed by atoms with E-state index in [9.17, 15) is 4.79 Å². The van der Waals surface area contributed by atoms with Gasteiger partial charge < -0.3 is 4.90 Å². The second-order valence-corrected chi connectivity index (χ2v) is 5.79. The van der Waals surface area contributed by atoms with Crippen LogP contribution in [0.1, 0.15) is 29.8 Å². The van der Waals surface area contributed by atoms with Crippen LogP contribution in [0.5, 0.6) is 0 Å². The van der Waals surface area contributed by atoms with E-state index in [-0.39, 0.29) is 17.1 Å². The first-order valence-electron chi connectivity index (χ1n) is 6.65. The van der Waals surface area contributed by atoms with Gasteiger partial charge in [-0.1, -0.05) is 35.3 Å². The van der Waals surface area contributed by atoms with Gasteiger partial charge in [0.05, 0.1) is 5.56 Å². The van der Waals surface area contributed by atoms with Crippen LogP contribution in [0.2, 0.25) is 10.2 Å². The Labute approximate surface area is 134 Å². The molecule has 0 aliphatic heterocycles. The highest BCUT2D eigenvalue weighted by Gasteiger charge is 2.21. The zero-order valence-corrected chi connectivity index (χ0v) is 13.4. The molecule has 1 amide bonds. The third-order valence-electron chi connectivity index (χ3n) is 3.12. The van der Waals surface area contributed by atoms with Crippen molar-refractivity contribution in [2.45, 2.75) is 26.4 Å². The summed E-state index contributed by atoms with van der Waals surface area (Å²) in [4.78, 5) is 18.4. The van der Waals surface area contributed by atoms with Crippen molar-refractivity contribution in [1.82, 2.24) is 9.88 Å². The van der Waals surface area contributed by atoms with E-state index in [2.05, 4.69) is 4.98 Å². The molecule has 0 saturated carbocycles. The molecule has 110 valence electrons. The van der Waals surface area contributed by atoms with Crippen molar-refractivity contribution in [3.63, 3.8) is 0 Å². The molecule has 5 heteroatoms. The first-order valence-corrected chi connectivity index (χ1v) is 7.40. The van der Waals surface area contributed by atoms with E-state index in [1.165, 1.54) is 0 Å². The average molecular weight is 323 g/mol. The van der Waals surface area contributed by atoms with Crippen LogP contribution in [0.15, 0.2) is 42.6 Å². The molecule has 0 unspecified atom stereocenters. The molecular weight excluding hydrogens is 307 g/mol. The van der Waals surface area contributed by atoms with Crippen molar-refractivity contribution in [2.75, 3.05) is 0 Å². The number of carbonyl (C=O) groups excluding carboxylic acids is 1. The molecule has 0 fully saturated rings. The molecule has 0 aliphatic rings. The molecule has 2 rings (SSSR count). The number of aromatic nitrogens is 1. The van der Waals surface area contributed by atoms with Crippen molar-refractivity contribution in [3.05, 3.63) is 63.9 Å². The number of benzene rings is 1. The van der Waals surface area contributed by atoms with Gasteiger partial charge in [0, 0.05) is 23.8 Å². The summed E-state index contributed by atoms with van der Waals surface area (Å²) in [5, 5.41) is 0.877. The van der Waals surface area contributed by atoms with E-state index >= 15 is 0 Å². The van der Waals surface area contributed by atoms with Gasteiger partial charge in [-0.05, 0) is 43.7 Å². The third-order valence-corrected chi connectivity index (χ3v) is 3.65. The first kappa shape index (κ1) is 15.8. The summed E-state index contributed by atoms with van der Waals surface area (Å²) in [7, 11) is 0. The molecule has 0 bridgehead atoms. The second-order valence-electron chi connectivity index (χ2n) is 5.00. The molecule has 0 aliphatic carbocycles. The highest BCUT2D eigenvalue weighted by Crippen LogP contribution is 2.19. The van der Waals surface area contributed by atoms with Crippen LogP contribution in [0.25, 0.3) is 0 Å². The molecule has 0 N–H and O–H groups in total. The normalized spacial score (nSPS) is 10.7. The number of halogens is 2. The Balaban J connectivity index is 2.27. The Kier molecular flexibility index (Phi) is 5.21. The Morgan fingerprint density at radius 1 is 1.24 bits per heavy atom. The van der Waals surface area contributed by atoms with Crippen molar-refractivity contribution >= 4 is 29.1 Å². The molecule has 0 saturated heterocycles. The van der Waals surface area contributed by atoms with Gasteiger partial charge in [-0.25, -0.2) is 4.98 Å². The smallest absolute Gasteiger partial charge is 0.257 e. The molecule has 0 radical (unpaired) electrons. The van der Waals surface area contributed by atoms with Crippen LogP contribution in [-0.4, -0.2) is 21.8 Å². The van der Waals surface area contributed by atoms with Crippen molar-refractivity contribution in [3.8, 4) is 0 Å². The highest BCUT2D eigenvalue weighted by atomic mass is 35.5. The average Bonchev–Trinajstić information content (AvgIpc) is 2.44. The van der Waals surface area contributed by atoms with E-state index in [1.54, 1.807) is 23.2 Å². The Hall–Kier alpha value is -1.58. The molecule has 0 atom stereocenters. The SMILES string of the molecule is CC(C)N(Cc1cccc(Cl)c1)C(=O)c1cccnc1Cl. The Morgan fingerprint density at radius 3 is 2.62 bits per heavy atom. The predicted molar refractivity (Wildman–Crippen MR) is 85.7 cm³/mol. The largest absolute Gasteiger partial charge is 0.332 e. The third kappa shape index (κ3) is 3.96. The van der Waals surface area contributed by atoms with Gasteiger partial charge in [-0.15, -0.1) is 0 Å². The molecule has 1 aromatic carbocycles. The summed E-state index contributed by atoms with van der Waals surface area (Å²) < 4.78 is 0. The van der Waals surface area contributed by atoms with Crippen molar-refractivity contribution < 1.29 is 4.79 Å². The minimum absolute atomic E-state index is 0.0350. The van der Waals surface area contributed by atoms with Crippen molar-refractivity contribution in [2.24, 2.45) is 0 Å². The van der Waals surface area contributed by atoms with Crippen LogP contribution in [0.3, 0.4) is 0 Å². The van der Waals surface area contributed by atoms with Crippen LogP contribution < -0.4 is 0 Å². The van der Waals surface area contributed by atoms with E-state index in [0.29, 0.717) is 17.1 Å². The lowest BCUT2D eigenvalue weighted by Gasteiger charge is -2.27. The van der Waals surface area contributed by atoms with Gasteiger partial charge in [0.15, 0.2) is 0 Å². The number of amides is 1. The Bertz CT molecular complexity index is 644. The number of rotatable bonds is 4. The van der Waals surface area contributed by atoms with Crippen LogP contribution in [0.4, 0.5) is 0 Å². The summed E-state index contributed by atoms with van der Waals surface area (Å²) in [6.07, 6.45) is 1.57. The number of hydrogen-bond donors (Lipinski definition) is 0. The van der Waals surface area contributed by atoms with Crippen molar-refractivity contribution in [1.29, 1.82) is 0 Å². The fourth-order valence-corrected chi connectivity index (χ4v) is 2.43. The lowest BCUT2D eigenvalue weighted by atomic mass is 10.1. The van der Waals surface area contributed by atoms with Gasteiger partial charge >= 0.3 is 0 Å².